The van der Waals surface area contributed by atoms with Crippen LogP contribution in [0.5, 0.6) is 0 Å². The van der Waals surface area contributed by atoms with E-state index in [0.29, 0.717) is 24.2 Å². The van der Waals surface area contributed by atoms with Crippen molar-refractivity contribution in [1.82, 2.24) is 20.4 Å². The lowest BCUT2D eigenvalue weighted by molar-refractivity contribution is 0.0177. The van der Waals surface area contributed by atoms with Crippen LogP contribution in [0.15, 0.2) is 30.5 Å². The zero-order valence-electron chi connectivity index (χ0n) is 13.3. The number of aryl methyl sites for hydroxylation is 1. The van der Waals surface area contributed by atoms with Gasteiger partial charge in [0.2, 0.25) is 0 Å². The molecule has 1 aromatic carbocycles. The van der Waals surface area contributed by atoms with Gasteiger partial charge >= 0.3 is 0 Å². The number of β-amino-alcohol motifs (C(OH)–C–C–N with tert-alkyl or cyclic N) is 1. The van der Waals surface area contributed by atoms with Crippen molar-refractivity contribution in [3.63, 3.8) is 0 Å². The molecule has 0 spiro atoms. The predicted molar refractivity (Wildman–Crippen MR) is 88.2 cm³/mol. The highest BCUT2D eigenvalue weighted by Crippen LogP contribution is 2.35. The fourth-order valence-electron chi connectivity index (χ4n) is 3.46. The van der Waals surface area contributed by atoms with Crippen molar-refractivity contribution in [1.29, 1.82) is 0 Å². The van der Waals surface area contributed by atoms with Crippen molar-refractivity contribution in [3.05, 3.63) is 47.7 Å². The van der Waals surface area contributed by atoms with Crippen LogP contribution in [-0.4, -0.2) is 38.6 Å². The highest BCUT2D eigenvalue weighted by atomic mass is 19.1. The summed E-state index contributed by atoms with van der Waals surface area (Å²) in [6.07, 6.45) is 2.98. The lowest BCUT2D eigenvalue weighted by Gasteiger charge is -2.39. The van der Waals surface area contributed by atoms with Crippen LogP contribution in [0, 0.1) is 12.7 Å². The molecule has 0 saturated carbocycles. The number of rotatable bonds is 2. The van der Waals surface area contributed by atoms with Gasteiger partial charge in [-0.15, -0.1) is 0 Å². The van der Waals surface area contributed by atoms with Gasteiger partial charge in [-0.25, -0.2) is 9.37 Å². The molecule has 7 heteroatoms. The van der Waals surface area contributed by atoms with E-state index in [4.69, 9.17) is 0 Å². The summed E-state index contributed by atoms with van der Waals surface area (Å²) in [6, 6.07) is 6.91. The predicted octanol–water partition coefficient (Wildman–Crippen LogP) is 2.29. The number of hydrogen-bond acceptors (Lipinski definition) is 5. The summed E-state index contributed by atoms with van der Waals surface area (Å²) in [5.74, 6) is -0.332. The molecule has 124 valence electrons. The monoisotopic (exact) mass is 327 g/mol. The molecule has 3 aromatic rings. The van der Waals surface area contributed by atoms with Gasteiger partial charge in [-0.05, 0) is 31.9 Å². The second kappa shape index (κ2) is 5.52. The number of para-hydroxylation sites is 1. The maximum absolute atomic E-state index is 14.1. The molecule has 24 heavy (non-hydrogen) atoms. The summed E-state index contributed by atoms with van der Waals surface area (Å²) < 4.78 is 14.1. The Bertz CT molecular complexity index is 882. The first-order chi connectivity index (χ1) is 11.6. The molecule has 0 aliphatic carbocycles. The fraction of sp³-hybridized carbons (Fsp3) is 0.353. The number of halogens is 1. The van der Waals surface area contributed by atoms with E-state index in [0.717, 1.165) is 29.7 Å². The number of nitrogens with zero attached hydrogens (tertiary/aromatic N) is 4. The number of H-pyrrole nitrogens is 1. The van der Waals surface area contributed by atoms with Crippen LogP contribution in [0.3, 0.4) is 0 Å². The summed E-state index contributed by atoms with van der Waals surface area (Å²) in [6.45, 7) is 3.02. The topological polar surface area (TPSA) is 77.9 Å². The Morgan fingerprint density at radius 1 is 1.38 bits per heavy atom. The van der Waals surface area contributed by atoms with E-state index in [1.807, 2.05) is 19.1 Å². The highest BCUT2D eigenvalue weighted by molar-refractivity contribution is 5.92. The Balaban J connectivity index is 1.79. The quantitative estimate of drug-likeness (QED) is 0.755. The van der Waals surface area contributed by atoms with E-state index in [1.54, 1.807) is 12.3 Å². The average molecular weight is 327 g/mol. The summed E-state index contributed by atoms with van der Waals surface area (Å²) in [7, 11) is 0. The van der Waals surface area contributed by atoms with E-state index in [9.17, 15) is 9.50 Å². The molecule has 6 nitrogen and oxygen atoms in total. The van der Waals surface area contributed by atoms with E-state index in [-0.39, 0.29) is 5.82 Å². The Kier molecular flexibility index (Phi) is 3.45. The normalized spacial score (nSPS) is 21.4. The minimum absolute atomic E-state index is 0.332. The van der Waals surface area contributed by atoms with Gasteiger partial charge in [0.15, 0.2) is 0 Å². The van der Waals surface area contributed by atoms with Crippen LogP contribution < -0.4 is 4.90 Å². The number of piperidine rings is 1. The van der Waals surface area contributed by atoms with Crippen molar-refractivity contribution in [3.8, 4) is 0 Å². The fourth-order valence-corrected chi connectivity index (χ4v) is 3.46. The van der Waals surface area contributed by atoms with Gasteiger partial charge in [0.25, 0.3) is 0 Å². The van der Waals surface area contributed by atoms with Gasteiger partial charge in [0, 0.05) is 23.3 Å². The first-order valence-electron chi connectivity index (χ1n) is 7.96. The van der Waals surface area contributed by atoms with E-state index >= 15 is 0 Å². The number of benzene rings is 1. The van der Waals surface area contributed by atoms with Crippen molar-refractivity contribution in [2.45, 2.75) is 25.4 Å². The molecule has 1 unspecified atom stereocenters. The van der Waals surface area contributed by atoms with Gasteiger partial charge in [-0.2, -0.15) is 15.4 Å². The molecule has 1 saturated heterocycles. The van der Waals surface area contributed by atoms with Crippen molar-refractivity contribution in [2.24, 2.45) is 0 Å². The van der Waals surface area contributed by atoms with Gasteiger partial charge in [-0.1, -0.05) is 12.1 Å². The maximum atomic E-state index is 14.1. The second-order valence-corrected chi connectivity index (χ2v) is 6.33. The van der Waals surface area contributed by atoms with Gasteiger partial charge < -0.3 is 10.0 Å². The van der Waals surface area contributed by atoms with Gasteiger partial charge in [0.05, 0.1) is 12.7 Å². The summed E-state index contributed by atoms with van der Waals surface area (Å²) in [5, 5.41) is 22.2. The van der Waals surface area contributed by atoms with E-state index in [2.05, 4.69) is 25.3 Å². The molecule has 2 aromatic heterocycles. The number of aromatic amines is 1. The van der Waals surface area contributed by atoms with Crippen molar-refractivity contribution < 1.29 is 9.50 Å². The number of nitrogens with one attached hydrogen (secondary N) is 1. The number of aliphatic hydroxyl groups is 1. The Morgan fingerprint density at radius 2 is 2.25 bits per heavy atom. The highest BCUT2D eigenvalue weighted by Gasteiger charge is 2.37. The van der Waals surface area contributed by atoms with Crippen LogP contribution in [0.1, 0.15) is 24.2 Å². The summed E-state index contributed by atoms with van der Waals surface area (Å²) in [4.78, 5) is 6.40. The molecule has 2 N–H and O–H groups in total. The molecule has 0 bridgehead atoms. The minimum atomic E-state index is -1.07. The number of pyridine rings is 1. The largest absolute Gasteiger partial charge is 0.382 e. The molecule has 1 aliphatic heterocycles. The van der Waals surface area contributed by atoms with Crippen molar-refractivity contribution in [2.75, 3.05) is 18.0 Å². The van der Waals surface area contributed by atoms with Crippen LogP contribution in [0.25, 0.3) is 10.9 Å². The summed E-state index contributed by atoms with van der Waals surface area (Å²) in [5.41, 5.74) is 1.47. The zero-order chi connectivity index (χ0) is 16.7. The third kappa shape index (κ3) is 2.41. The Hall–Kier alpha value is -2.54. The number of aromatic nitrogens is 4. The molecule has 4 rings (SSSR count). The first kappa shape index (κ1) is 15.0. The third-order valence-electron chi connectivity index (χ3n) is 4.60. The molecule has 0 radical (unpaired) electrons. The molecule has 3 heterocycles. The molecule has 1 atom stereocenters. The Morgan fingerprint density at radius 3 is 3.04 bits per heavy atom. The first-order valence-corrected chi connectivity index (χ1v) is 7.96. The molecule has 1 fully saturated rings. The Labute approximate surface area is 138 Å². The molecule has 1 aliphatic rings. The molecular weight excluding hydrogens is 309 g/mol. The van der Waals surface area contributed by atoms with Gasteiger partial charge in [-0.3, -0.25) is 0 Å². The standard InChI is InChI=1S/C17H18FN5O/c1-11-8-14(12-4-2-5-13(18)16(12)20-11)23-7-3-6-17(24,10-23)15-9-19-22-21-15/h2,4-5,8-9,24H,3,6-7,10H2,1H3,(H,19,21,22). The zero-order valence-corrected chi connectivity index (χ0v) is 13.3. The number of fused-ring (bicyclic) bond motifs is 1. The number of anilines is 1. The summed E-state index contributed by atoms with van der Waals surface area (Å²) >= 11 is 0. The van der Waals surface area contributed by atoms with E-state index < -0.39 is 5.60 Å². The van der Waals surface area contributed by atoms with Crippen LogP contribution in [0.4, 0.5) is 10.1 Å². The van der Waals surface area contributed by atoms with Crippen LogP contribution >= 0.6 is 0 Å². The van der Waals surface area contributed by atoms with Crippen LogP contribution in [0.2, 0.25) is 0 Å². The minimum Gasteiger partial charge on any atom is -0.382 e. The van der Waals surface area contributed by atoms with Crippen molar-refractivity contribution >= 4 is 16.6 Å². The van der Waals surface area contributed by atoms with E-state index in [1.165, 1.54) is 6.07 Å². The van der Waals surface area contributed by atoms with Gasteiger partial charge in [0.1, 0.15) is 22.6 Å². The SMILES string of the molecule is Cc1cc(N2CCCC(O)(c3cn[nH]n3)C2)c2cccc(F)c2n1. The third-order valence-corrected chi connectivity index (χ3v) is 4.60. The molecular formula is C17H18FN5O. The molecule has 0 amide bonds. The lowest BCUT2D eigenvalue weighted by Crippen LogP contribution is -2.46. The van der Waals surface area contributed by atoms with Crippen LogP contribution in [-0.2, 0) is 5.60 Å². The average Bonchev–Trinajstić information content (AvgIpc) is 3.11. The smallest absolute Gasteiger partial charge is 0.149 e. The lowest BCUT2D eigenvalue weighted by atomic mass is 9.89. The number of hydrogen-bond donors (Lipinski definition) is 2. The second-order valence-electron chi connectivity index (χ2n) is 6.33. The maximum Gasteiger partial charge on any atom is 0.149 e.